The number of aromatic nitrogens is 2. The maximum Gasteiger partial charge on any atom is 0.422 e. The van der Waals surface area contributed by atoms with E-state index in [1.807, 2.05) is 0 Å². The Hall–Kier alpha value is -2.33. The summed E-state index contributed by atoms with van der Waals surface area (Å²) in [4.78, 5) is 10.8. The van der Waals surface area contributed by atoms with E-state index < -0.39 is 12.8 Å². The maximum atomic E-state index is 12.5. The average molecular weight is 396 g/mol. The summed E-state index contributed by atoms with van der Waals surface area (Å²) in [6.07, 6.45) is -1.63. The van der Waals surface area contributed by atoms with E-state index in [0.717, 1.165) is 19.5 Å². The minimum atomic E-state index is -4.41. The normalized spacial score (nSPS) is 22.1. The molecular formula is C17H15F3N4O2S. The molecule has 2 atom stereocenters. The number of hydrogen-bond donors (Lipinski definition) is 1. The number of ether oxygens (including phenoxy) is 1. The second-order valence-electron chi connectivity index (χ2n) is 6.76. The summed E-state index contributed by atoms with van der Waals surface area (Å²) < 4.78 is 48.6. The number of nitrogens with zero attached hydrogens (tertiary/aromatic N) is 3. The molecule has 0 amide bonds. The van der Waals surface area contributed by atoms with Crippen molar-refractivity contribution in [3.63, 3.8) is 0 Å². The van der Waals surface area contributed by atoms with Crippen LogP contribution in [0, 0.1) is 0 Å². The van der Waals surface area contributed by atoms with Gasteiger partial charge in [-0.1, -0.05) is 0 Å². The van der Waals surface area contributed by atoms with E-state index >= 15 is 0 Å². The molecule has 2 bridgehead atoms. The van der Waals surface area contributed by atoms with Crippen molar-refractivity contribution >= 4 is 28.5 Å². The number of piperidine rings is 1. The summed E-state index contributed by atoms with van der Waals surface area (Å²) >= 11 is 1.38. The predicted octanol–water partition coefficient (Wildman–Crippen LogP) is 3.44. The van der Waals surface area contributed by atoms with Crippen molar-refractivity contribution in [3.05, 3.63) is 23.7 Å². The van der Waals surface area contributed by atoms with Crippen LogP contribution in [0.1, 0.15) is 6.42 Å². The number of halogens is 3. The van der Waals surface area contributed by atoms with Gasteiger partial charge in [0.25, 0.3) is 6.01 Å². The topological polar surface area (TPSA) is 63.4 Å². The molecule has 142 valence electrons. The molecule has 3 aromatic rings. The minimum Gasteiger partial charge on any atom is -0.484 e. The van der Waals surface area contributed by atoms with E-state index in [1.54, 1.807) is 11.6 Å². The van der Waals surface area contributed by atoms with Gasteiger partial charge in [-0.15, -0.1) is 11.3 Å². The smallest absolute Gasteiger partial charge is 0.422 e. The molecule has 5 heterocycles. The zero-order valence-electron chi connectivity index (χ0n) is 14.0. The van der Waals surface area contributed by atoms with E-state index in [-0.39, 0.29) is 5.75 Å². The Morgan fingerprint density at radius 1 is 1.30 bits per heavy atom. The SMILES string of the molecule is FC(F)(F)COc1cc(-c2nccs2)c2oc(N3CC4CC(C3)N4)nc2c1. The van der Waals surface area contributed by atoms with E-state index in [0.29, 0.717) is 39.8 Å². The molecule has 0 radical (unpaired) electrons. The second kappa shape index (κ2) is 6.10. The second-order valence-corrected chi connectivity index (χ2v) is 7.65. The first-order chi connectivity index (χ1) is 12.9. The van der Waals surface area contributed by atoms with Crippen molar-refractivity contribution < 1.29 is 22.3 Å². The van der Waals surface area contributed by atoms with Gasteiger partial charge in [0.05, 0.1) is 5.56 Å². The third-order valence-corrected chi connectivity index (χ3v) is 5.52. The molecule has 3 aliphatic rings. The van der Waals surface area contributed by atoms with Gasteiger partial charge in [-0.3, -0.25) is 0 Å². The molecular weight excluding hydrogens is 381 g/mol. The van der Waals surface area contributed by atoms with Gasteiger partial charge in [-0.2, -0.15) is 18.2 Å². The van der Waals surface area contributed by atoms with Gasteiger partial charge < -0.3 is 19.4 Å². The molecule has 10 heteroatoms. The van der Waals surface area contributed by atoms with Gasteiger partial charge in [-0.25, -0.2) is 4.98 Å². The van der Waals surface area contributed by atoms with Crippen molar-refractivity contribution in [3.8, 4) is 16.3 Å². The van der Waals surface area contributed by atoms with Crippen LogP contribution in [0.5, 0.6) is 5.75 Å². The predicted molar refractivity (Wildman–Crippen MR) is 94.2 cm³/mol. The first kappa shape index (κ1) is 16.8. The Morgan fingerprint density at radius 2 is 2.07 bits per heavy atom. The van der Waals surface area contributed by atoms with Crippen molar-refractivity contribution in [1.82, 2.24) is 15.3 Å². The number of thiazole rings is 1. The number of alkyl halides is 3. The van der Waals surface area contributed by atoms with E-state index in [4.69, 9.17) is 9.15 Å². The third-order valence-electron chi connectivity index (χ3n) is 4.71. The molecule has 0 aliphatic carbocycles. The Morgan fingerprint density at radius 3 is 2.74 bits per heavy atom. The molecule has 1 aromatic carbocycles. The highest BCUT2D eigenvalue weighted by Gasteiger charge is 2.38. The van der Waals surface area contributed by atoms with Crippen LogP contribution in [0.15, 0.2) is 28.1 Å². The van der Waals surface area contributed by atoms with Gasteiger partial charge in [0.1, 0.15) is 16.3 Å². The summed E-state index contributed by atoms with van der Waals surface area (Å²) in [7, 11) is 0. The molecule has 0 spiro atoms. The molecule has 2 unspecified atom stereocenters. The van der Waals surface area contributed by atoms with Crippen LogP contribution in [0.3, 0.4) is 0 Å². The standard InChI is InChI=1S/C17H15F3N4O2S/c18-17(19,20)8-25-11-4-12(15-21-1-2-27-15)14-13(5-11)23-16(26-14)24-6-9-3-10(7-24)22-9/h1-2,4-5,9-10,22H,3,6-8H2. The summed E-state index contributed by atoms with van der Waals surface area (Å²) in [6.45, 7) is 0.238. The van der Waals surface area contributed by atoms with Gasteiger partial charge >= 0.3 is 6.18 Å². The Balaban J connectivity index is 1.54. The van der Waals surface area contributed by atoms with Crippen LogP contribution >= 0.6 is 11.3 Å². The molecule has 2 aromatic heterocycles. The molecule has 6 nitrogen and oxygen atoms in total. The fourth-order valence-electron chi connectivity index (χ4n) is 3.56. The van der Waals surface area contributed by atoms with Gasteiger partial charge in [0.15, 0.2) is 12.2 Å². The van der Waals surface area contributed by atoms with E-state index in [2.05, 4.69) is 20.2 Å². The lowest BCUT2D eigenvalue weighted by Crippen LogP contribution is -2.67. The highest BCUT2D eigenvalue weighted by atomic mass is 32.1. The Kier molecular flexibility index (Phi) is 3.80. The van der Waals surface area contributed by atoms with E-state index in [9.17, 15) is 13.2 Å². The number of benzene rings is 1. The number of rotatable bonds is 4. The highest BCUT2D eigenvalue weighted by Crippen LogP contribution is 2.37. The van der Waals surface area contributed by atoms with Crippen LogP contribution < -0.4 is 15.0 Å². The summed E-state index contributed by atoms with van der Waals surface area (Å²) in [5, 5.41) is 5.88. The third kappa shape index (κ3) is 3.23. The maximum absolute atomic E-state index is 12.5. The molecule has 3 fully saturated rings. The summed E-state index contributed by atoms with van der Waals surface area (Å²) in [5.74, 6) is 0.0908. The fourth-order valence-corrected chi connectivity index (χ4v) is 4.21. The fraction of sp³-hybridized carbons (Fsp3) is 0.412. The van der Waals surface area contributed by atoms with Crippen molar-refractivity contribution in [2.75, 3.05) is 24.6 Å². The van der Waals surface area contributed by atoms with Gasteiger partial charge in [0, 0.05) is 42.8 Å². The van der Waals surface area contributed by atoms with Crippen LogP contribution in [0.25, 0.3) is 21.7 Å². The van der Waals surface area contributed by atoms with Crippen LogP contribution in [-0.2, 0) is 0 Å². The Labute approximate surface area is 156 Å². The lowest BCUT2D eigenvalue weighted by molar-refractivity contribution is -0.153. The first-order valence-electron chi connectivity index (χ1n) is 8.49. The number of anilines is 1. The van der Waals surface area contributed by atoms with Gasteiger partial charge in [0.2, 0.25) is 0 Å². The summed E-state index contributed by atoms with van der Waals surface area (Å²) in [6, 6.07) is 4.35. The largest absolute Gasteiger partial charge is 0.484 e. The molecule has 6 rings (SSSR count). The van der Waals surface area contributed by atoms with Crippen molar-refractivity contribution in [2.24, 2.45) is 0 Å². The number of oxazole rings is 1. The number of nitrogens with one attached hydrogen (secondary N) is 1. The van der Waals surface area contributed by atoms with E-state index in [1.165, 1.54) is 23.5 Å². The number of hydrogen-bond acceptors (Lipinski definition) is 7. The summed E-state index contributed by atoms with van der Waals surface area (Å²) in [5.41, 5.74) is 1.55. The molecule has 3 aliphatic heterocycles. The molecule has 1 N–H and O–H groups in total. The lowest BCUT2D eigenvalue weighted by atomic mass is 9.92. The Bertz CT molecular complexity index is 957. The number of fused-ring (bicyclic) bond motifs is 3. The van der Waals surface area contributed by atoms with Crippen molar-refractivity contribution in [1.29, 1.82) is 0 Å². The zero-order valence-corrected chi connectivity index (χ0v) is 14.8. The molecule has 3 saturated heterocycles. The van der Waals surface area contributed by atoms with Crippen LogP contribution in [0.2, 0.25) is 0 Å². The highest BCUT2D eigenvalue weighted by molar-refractivity contribution is 7.13. The monoisotopic (exact) mass is 396 g/mol. The quantitative estimate of drug-likeness (QED) is 0.729. The lowest BCUT2D eigenvalue weighted by Gasteiger charge is -2.47. The molecule has 27 heavy (non-hydrogen) atoms. The zero-order chi connectivity index (χ0) is 18.6. The van der Waals surface area contributed by atoms with Crippen LogP contribution in [0.4, 0.5) is 19.2 Å². The van der Waals surface area contributed by atoms with Crippen molar-refractivity contribution in [2.45, 2.75) is 24.7 Å². The number of piperazine rings is 1. The minimum absolute atomic E-state index is 0.0908. The first-order valence-corrected chi connectivity index (χ1v) is 9.37. The molecule has 0 saturated carbocycles. The van der Waals surface area contributed by atoms with Gasteiger partial charge in [-0.05, 0) is 12.5 Å². The average Bonchev–Trinajstić information content (AvgIpc) is 3.28. The van der Waals surface area contributed by atoms with Crippen LogP contribution in [-0.4, -0.2) is 47.9 Å².